The van der Waals surface area contributed by atoms with Crippen molar-refractivity contribution in [3.63, 3.8) is 0 Å². The van der Waals surface area contributed by atoms with Crippen LogP contribution < -0.4 is 15.0 Å². The normalized spacial score (nSPS) is 18.8. The van der Waals surface area contributed by atoms with E-state index in [4.69, 9.17) is 4.74 Å². The van der Waals surface area contributed by atoms with Crippen molar-refractivity contribution in [2.45, 2.75) is 32.0 Å². The number of rotatable bonds is 6. The molecule has 2 aromatic carbocycles. The molecule has 2 aliphatic rings. The molecule has 0 bridgehead atoms. The molecule has 0 saturated carbocycles. The van der Waals surface area contributed by atoms with E-state index in [1.54, 1.807) is 24.1 Å². The number of aryl methyl sites for hydroxylation is 1. The van der Waals surface area contributed by atoms with E-state index in [0.717, 1.165) is 28.4 Å². The molecule has 1 atom stereocenters. The molecule has 1 fully saturated rings. The highest BCUT2D eigenvalue weighted by Crippen LogP contribution is 2.30. The van der Waals surface area contributed by atoms with Crippen molar-refractivity contribution in [3.05, 3.63) is 65.7 Å². The zero-order valence-corrected chi connectivity index (χ0v) is 20.1. The maximum absolute atomic E-state index is 12.8. The van der Waals surface area contributed by atoms with E-state index in [9.17, 15) is 18.0 Å². The van der Waals surface area contributed by atoms with Crippen LogP contribution in [0.1, 0.15) is 28.8 Å². The van der Waals surface area contributed by atoms with Gasteiger partial charge in [0, 0.05) is 29.7 Å². The van der Waals surface area contributed by atoms with Crippen LogP contribution in [0.5, 0.6) is 5.75 Å². The number of benzene rings is 2. The van der Waals surface area contributed by atoms with Gasteiger partial charge in [-0.15, -0.1) is 0 Å². The minimum atomic E-state index is -3.06. The highest BCUT2D eigenvalue weighted by molar-refractivity contribution is 7.91. The van der Waals surface area contributed by atoms with Gasteiger partial charge in [-0.1, -0.05) is 12.1 Å². The number of anilines is 1. The number of sulfone groups is 1. The number of hydrogen-bond acceptors (Lipinski definition) is 6. The molecule has 1 aromatic heterocycles. The number of methoxy groups -OCH3 is 1. The highest BCUT2D eigenvalue weighted by Gasteiger charge is 2.29. The third kappa shape index (κ3) is 4.93. The Kier molecular flexibility index (Phi) is 6.06. The van der Waals surface area contributed by atoms with Crippen LogP contribution in [0.3, 0.4) is 0 Å². The fourth-order valence-electron chi connectivity index (χ4n) is 4.45. The molecule has 10 heteroatoms. The van der Waals surface area contributed by atoms with Crippen LogP contribution in [-0.4, -0.2) is 54.7 Å². The van der Waals surface area contributed by atoms with E-state index in [1.165, 1.54) is 0 Å². The van der Waals surface area contributed by atoms with Gasteiger partial charge in [-0.05, 0) is 48.4 Å². The number of nitrogens with zero attached hydrogens (tertiary/aromatic N) is 3. The van der Waals surface area contributed by atoms with Crippen LogP contribution in [0.4, 0.5) is 5.82 Å². The maximum atomic E-state index is 12.8. The molecule has 0 unspecified atom stereocenters. The van der Waals surface area contributed by atoms with Crippen LogP contribution in [0, 0.1) is 0 Å². The molecule has 5 rings (SSSR count). The Morgan fingerprint density at radius 1 is 1.14 bits per heavy atom. The average molecular weight is 495 g/mol. The van der Waals surface area contributed by atoms with Gasteiger partial charge in [0.25, 0.3) is 5.91 Å². The molecule has 0 aliphatic carbocycles. The molecular formula is C25H26N4O5S. The van der Waals surface area contributed by atoms with E-state index in [1.807, 2.05) is 47.1 Å². The Hall–Kier alpha value is -3.66. The van der Waals surface area contributed by atoms with Gasteiger partial charge in [0.05, 0.1) is 37.4 Å². The monoisotopic (exact) mass is 494 g/mol. The Balaban J connectivity index is 1.30. The number of aromatic nitrogens is 2. The average Bonchev–Trinajstić information content (AvgIpc) is 3.44. The second-order valence-corrected chi connectivity index (χ2v) is 11.1. The molecular weight excluding hydrogens is 468 g/mol. The SMILES string of the molecule is COc1ccc(-c2cc3n(n2)CCC(=O)N3Cc2ccc(C(=O)N[C@H]3CCS(=O)(=O)C3)cc2)cc1. The molecule has 3 heterocycles. The second kappa shape index (κ2) is 9.18. The Morgan fingerprint density at radius 3 is 2.54 bits per heavy atom. The molecule has 182 valence electrons. The van der Waals surface area contributed by atoms with Gasteiger partial charge in [-0.2, -0.15) is 5.10 Å². The minimum absolute atomic E-state index is 0.0138. The highest BCUT2D eigenvalue weighted by atomic mass is 32.2. The number of carbonyl (C=O) groups excluding carboxylic acids is 2. The van der Waals surface area contributed by atoms with Crippen LogP contribution >= 0.6 is 0 Å². The predicted octanol–water partition coefficient (Wildman–Crippen LogP) is 2.41. The lowest BCUT2D eigenvalue weighted by atomic mass is 10.1. The molecule has 1 saturated heterocycles. The summed E-state index contributed by atoms with van der Waals surface area (Å²) in [5, 5.41) is 7.48. The van der Waals surface area contributed by atoms with Gasteiger partial charge in [0.2, 0.25) is 5.91 Å². The zero-order chi connectivity index (χ0) is 24.6. The summed E-state index contributed by atoms with van der Waals surface area (Å²) in [6, 6.07) is 16.2. The number of nitrogens with one attached hydrogen (secondary N) is 1. The van der Waals surface area contributed by atoms with E-state index in [-0.39, 0.29) is 29.4 Å². The molecule has 2 aliphatic heterocycles. The Bertz CT molecular complexity index is 1360. The first-order valence-corrected chi connectivity index (χ1v) is 13.3. The van der Waals surface area contributed by atoms with Crippen LogP contribution in [0.2, 0.25) is 0 Å². The first-order chi connectivity index (χ1) is 16.8. The second-order valence-electron chi connectivity index (χ2n) is 8.84. The fraction of sp³-hybridized carbons (Fsp3) is 0.320. The Morgan fingerprint density at radius 2 is 1.89 bits per heavy atom. The van der Waals surface area contributed by atoms with Crippen LogP contribution in [0.15, 0.2) is 54.6 Å². The van der Waals surface area contributed by atoms with Gasteiger partial charge in [0.15, 0.2) is 9.84 Å². The van der Waals surface area contributed by atoms with Gasteiger partial charge >= 0.3 is 0 Å². The number of ether oxygens (including phenoxy) is 1. The molecule has 2 amide bonds. The van der Waals surface area contributed by atoms with Crippen molar-refractivity contribution in [2.24, 2.45) is 0 Å². The van der Waals surface area contributed by atoms with Gasteiger partial charge in [-0.3, -0.25) is 14.5 Å². The topological polar surface area (TPSA) is 111 Å². The molecule has 3 aromatic rings. The summed E-state index contributed by atoms with van der Waals surface area (Å²) in [5.74, 6) is 1.31. The summed E-state index contributed by atoms with van der Waals surface area (Å²) < 4.78 is 30.3. The van der Waals surface area contributed by atoms with Crippen molar-refractivity contribution in [2.75, 3.05) is 23.5 Å². The van der Waals surface area contributed by atoms with Crippen molar-refractivity contribution in [1.82, 2.24) is 15.1 Å². The molecule has 0 radical (unpaired) electrons. The Labute approximate surface area is 203 Å². The molecule has 1 N–H and O–H groups in total. The maximum Gasteiger partial charge on any atom is 0.251 e. The third-order valence-corrected chi connectivity index (χ3v) is 8.15. The third-order valence-electron chi connectivity index (χ3n) is 6.38. The summed E-state index contributed by atoms with van der Waals surface area (Å²) >= 11 is 0. The summed E-state index contributed by atoms with van der Waals surface area (Å²) in [6.07, 6.45) is 0.803. The predicted molar refractivity (Wildman–Crippen MR) is 131 cm³/mol. The van der Waals surface area contributed by atoms with Crippen LogP contribution in [-0.2, 0) is 27.7 Å². The van der Waals surface area contributed by atoms with E-state index in [2.05, 4.69) is 10.4 Å². The lowest BCUT2D eigenvalue weighted by Crippen LogP contribution is -2.37. The van der Waals surface area contributed by atoms with Crippen molar-refractivity contribution in [3.8, 4) is 17.0 Å². The van der Waals surface area contributed by atoms with Gasteiger partial charge in [-0.25, -0.2) is 13.1 Å². The quantitative estimate of drug-likeness (QED) is 0.564. The van der Waals surface area contributed by atoms with E-state index >= 15 is 0 Å². The summed E-state index contributed by atoms with van der Waals surface area (Å²) in [6.45, 7) is 0.881. The lowest BCUT2D eigenvalue weighted by Gasteiger charge is -2.27. The number of amides is 2. The van der Waals surface area contributed by atoms with Gasteiger partial charge in [0.1, 0.15) is 11.6 Å². The van der Waals surface area contributed by atoms with Crippen LogP contribution in [0.25, 0.3) is 11.3 Å². The summed E-state index contributed by atoms with van der Waals surface area (Å²) in [7, 11) is -1.44. The van der Waals surface area contributed by atoms with E-state index in [0.29, 0.717) is 31.5 Å². The summed E-state index contributed by atoms with van der Waals surface area (Å²) in [4.78, 5) is 27.0. The smallest absolute Gasteiger partial charge is 0.251 e. The molecule has 0 spiro atoms. The lowest BCUT2D eigenvalue weighted by molar-refractivity contribution is -0.119. The standard InChI is InChI=1S/C25H26N4O5S/c1-34-21-8-6-18(7-9-21)22-14-23-28(24(30)10-12-29(23)27-22)15-17-2-4-19(5-3-17)25(31)26-20-11-13-35(32,33)16-20/h2-9,14,20H,10-13,15-16H2,1H3,(H,26,31)/t20-/m0/s1. The van der Waals surface area contributed by atoms with Gasteiger partial charge < -0.3 is 10.1 Å². The molecule has 9 nitrogen and oxygen atoms in total. The molecule has 35 heavy (non-hydrogen) atoms. The number of hydrogen-bond donors (Lipinski definition) is 1. The van der Waals surface area contributed by atoms with Crippen molar-refractivity contribution in [1.29, 1.82) is 0 Å². The first kappa shape index (κ1) is 23.1. The van der Waals surface area contributed by atoms with Crippen molar-refractivity contribution < 1.29 is 22.7 Å². The zero-order valence-electron chi connectivity index (χ0n) is 19.3. The van der Waals surface area contributed by atoms with Crippen molar-refractivity contribution >= 4 is 27.5 Å². The minimum Gasteiger partial charge on any atom is -0.497 e. The number of carbonyl (C=O) groups is 2. The van der Waals surface area contributed by atoms with E-state index < -0.39 is 9.84 Å². The summed E-state index contributed by atoms with van der Waals surface area (Å²) in [5.41, 5.74) is 3.04. The fourth-order valence-corrected chi connectivity index (χ4v) is 6.12. The first-order valence-electron chi connectivity index (χ1n) is 11.4. The number of fused-ring (bicyclic) bond motifs is 1. The largest absolute Gasteiger partial charge is 0.497 e.